The molecule has 0 bridgehead atoms. The van der Waals surface area contributed by atoms with Gasteiger partial charge < -0.3 is 20.5 Å². The fraction of sp³-hybridized carbons (Fsp3) is 0.615. The first-order chi connectivity index (χ1) is 8.42. The molecule has 1 aromatic rings. The minimum Gasteiger partial charge on any atom is -0.481 e. The molecule has 0 radical (unpaired) electrons. The Labute approximate surface area is 107 Å². The molecule has 102 valence electrons. The highest BCUT2D eigenvalue weighted by Gasteiger charge is 2.21. The number of aromatic amines is 1. The molecule has 0 saturated heterocycles. The molecule has 0 aliphatic carbocycles. The first-order valence-electron chi connectivity index (χ1n) is 6.16. The third-order valence-corrected chi connectivity index (χ3v) is 2.97. The van der Waals surface area contributed by atoms with Crippen LogP contribution in [0.15, 0.2) is 18.3 Å². The quantitative estimate of drug-likeness (QED) is 0.560. The zero-order valence-electron chi connectivity index (χ0n) is 10.9. The summed E-state index contributed by atoms with van der Waals surface area (Å²) in [5, 5.41) is 21.3. The third kappa shape index (κ3) is 4.89. The van der Waals surface area contributed by atoms with Crippen LogP contribution in [-0.4, -0.2) is 40.4 Å². The van der Waals surface area contributed by atoms with E-state index >= 15 is 0 Å². The molecule has 5 heteroatoms. The maximum Gasteiger partial charge on any atom is 0.303 e. The van der Waals surface area contributed by atoms with Crippen molar-refractivity contribution in [2.24, 2.45) is 0 Å². The van der Waals surface area contributed by atoms with Crippen molar-refractivity contribution in [2.75, 3.05) is 13.1 Å². The Morgan fingerprint density at radius 3 is 2.83 bits per heavy atom. The van der Waals surface area contributed by atoms with E-state index in [1.807, 2.05) is 18.3 Å². The summed E-state index contributed by atoms with van der Waals surface area (Å²) in [7, 11) is 0. The molecule has 0 aliphatic heterocycles. The highest BCUT2D eigenvalue weighted by atomic mass is 16.4. The molecule has 1 heterocycles. The zero-order valence-corrected chi connectivity index (χ0v) is 10.9. The predicted molar refractivity (Wildman–Crippen MR) is 69.6 cm³/mol. The van der Waals surface area contributed by atoms with Gasteiger partial charge in [0, 0.05) is 36.8 Å². The lowest BCUT2D eigenvalue weighted by Crippen LogP contribution is -2.37. The van der Waals surface area contributed by atoms with Crippen LogP contribution >= 0.6 is 0 Å². The Bertz CT molecular complexity index is 360. The summed E-state index contributed by atoms with van der Waals surface area (Å²) in [4.78, 5) is 13.5. The predicted octanol–water partition coefficient (Wildman–Crippen LogP) is 1.11. The number of aromatic nitrogens is 1. The van der Waals surface area contributed by atoms with Crippen LogP contribution in [0.1, 0.15) is 32.4 Å². The standard InChI is InChI=1S/C13H22N2O3/c1-13(2,11-4-3-7-15-11)9-14-8-10(16)5-6-12(17)18/h3-4,7,10,14-16H,5-6,8-9H2,1-2H3,(H,17,18). The second-order valence-electron chi connectivity index (χ2n) is 5.18. The number of carboxylic acids is 1. The molecule has 1 unspecified atom stereocenters. The number of H-pyrrole nitrogens is 1. The summed E-state index contributed by atoms with van der Waals surface area (Å²) in [6, 6.07) is 3.99. The van der Waals surface area contributed by atoms with Gasteiger partial charge in [0.25, 0.3) is 0 Å². The van der Waals surface area contributed by atoms with Gasteiger partial charge in [0.05, 0.1) is 6.10 Å². The first-order valence-corrected chi connectivity index (χ1v) is 6.16. The Kier molecular flexibility index (Phi) is 5.37. The van der Waals surface area contributed by atoms with Crippen LogP contribution in [-0.2, 0) is 10.2 Å². The molecule has 0 fully saturated rings. The molecule has 4 N–H and O–H groups in total. The molecule has 0 aromatic carbocycles. The number of hydrogen-bond acceptors (Lipinski definition) is 3. The maximum atomic E-state index is 10.4. The van der Waals surface area contributed by atoms with E-state index in [9.17, 15) is 9.90 Å². The van der Waals surface area contributed by atoms with E-state index in [2.05, 4.69) is 24.1 Å². The first kappa shape index (κ1) is 14.7. The minimum atomic E-state index is -0.874. The average molecular weight is 254 g/mol. The number of carboxylic acid groups (broad SMARTS) is 1. The molecule has 5 nitrogen and oxygen atoms in total. The van der Waals surface area contributed by atoms with Gasteiger partial charge in [-0.1, -0.05) is 13.8 Å². The number of aliphatic hydroxyl groups is 1. The summed E-state index contributed by atoms with van der Waals surface area (Å²) >= 11 is 0. The molecule has 1 aromatic heterocycles. The number of aliphatic carboxylic acids is 1. The molecule has 1 rings (SSSR count). The summed E-state index contributed by atoms with van der Waals surface area (Å²) in [6.07, 6.45) is 1.56. The molecule has 18 heavy (non-hydrogen) atoms. The van der Waals surface area contributed by atoms with Gasteiger partial charge in [0.15, 0.2) is 0 Å². The zero-order chi connectivity index (χ0) is 13.6. The van der Waals surface area contributed by atoms with Gasteiger partial charge in [-0.05, 0) is 18.6 Å². The van der Waals surface area contributed by atoms with Crippen LogP contribution in [0.3, 0.4) is 0 Å². The molecule has 0 aliphatic rings. The number of carbonyl (C=O) groups is 1. The van der Waals surface area contributed by atoms with Gasteiger partial charge >= 0.3 is 5.97 Å². The highest BCUT2D eigenvalue weighted by molar-refractivity contribution is 5.66. The molecular weight excluding hydrogens is 232 g/mol. The SMILES string of the molecule is CC(C)(CNCC(O)CCC(=O)O)c1ccc[nH]1. The van der Waals surface area contributed by atoms with E-state index in [1.165, 1.54) is 0 Å². The molecule has 0 spiro atoms. The van der Waals surface area contributed by atoms with Crippen LogP contribution in [0, 0.1) is 0 Å². The molecular formula is C13H22N2O3. The van der Waals surface area contributed by atoms with Crippen molar-refractivity contribution in [3.05, 3.63) is 24.0 Å². The lowest BCUT2D eigenvalue weighted by atomic mass is 9.89. The largest absolute Gasteiger partial charge is 0.481 e. The summed E-state index contributed by atoms with van der Waals surface area (Å²) in [5.41, 5.74) is 1.09. The van der Waals surface area contributed by atoms with Crippen molar-refractivity contribution in [2.45, 2.75) is 38.2 Å². The third-order valence-electron chi connectivity index (χ3n) is 2.97. The van der Waals surface area contributed by atoms with E-state index < -0.39 is 12.1 Å². The Balaban J connectivity index is 2.26. The van der Waals surface area contributed by atoms with Crippen molar-refractivity contribution >= 4 is 5.97 Å². The van der Waals surface area contributed by atoms with Gasteiger partial charge in [-0.2, -0.15) is 0 Å². The van der Waals surface area contributed by atoms with Crippen LogP contribution in [0.5, 0.6) is 0 Å². The second-order valence-corrected chi connectivity index (χ2v) is 5.18. The van der Waals surface area contributed by atoms with Crippen molar-refractivity contribution in [3.63, 3.8) is 0 Å². The van der Waals surface area contributed by atoms with E-state index in [4.69, 9.17) is 5.11 Å². The summed E-state index contributed by atoms with van der Waals surface area (Å²) in [5.74, 6) is -0.874. The lowest BCUT2D eigenvalue weighted by Gasteiger charge is -2.24. The number of aliphatic hydroxyl groups excluding tert-OH is 1. The number of rotatable bonds is 8. The van der Waals surface area contributed by atoms with Gasteiger partial charge in [-0.3, -0.25) is 4.79 Å². The smallest absolute Gasteiger partial charge is 0.303 e. The Morgan fingerprint density at radius 1 is 1.56 bits per heavy atom. The molecule has 0 saturated carbocycles. The van der Waals surface area contributed by atoms with Crippen molar-refractivity contribution in [1.29, 1.82) is 0 Å². The monoisotopic (exact) mass is 254 g/mol. The van der Waals surface area contributed by atoms with Crippen LogP contribution < -0.4 is 5.32 Å². The van der Waals surface area contributed by atoms with Crippen LogP contribution in [0.4, 0.5) is 0 Å². The fourth-order valence-electron chi connectivity index (χ4n) is 1.79. The van der Waals surface area contributed by atoms with E-state index in [1.54, 1.807) is 0 Å². The second kappa shape index (κ2) is 6.56. The average Bonchev–Trinajstić information content (AvgIpc) is 2.80. The number of hydrogen-bond donors (Lipinski definition) is 4. The topological polar surface area (TPSA) is 85.3 Å². The van der Waals surface area contributed by atoms with Crippen LogP contribution in [0.2, 0.25) is 0 Å². The van der Waals surface area contributed by atoms with E-state index in [-0.39, 0.29) is 18.3 Å². The normalized spacial score (nSPS) is 13.5. The van der Waals surface area contributed by atoms with Crippen molar-refractivity contribution in [3.8, 4) is 0 Å². The molecule has 0 amide bonds. The van der Waals surface area contributed by atoms with Gasteiger partial charge in [-0.15, -0.1) is 0 Å². The maximum absolute atomic E-state index is 10.4. The fourth-order valence-corrected chi connectivity index (χ4v) is 1.79. The van der Waals surface area contributed by atoms with Gasteiger partial charge in [0.1, 0.15) is 0 Å². The Hall–Kier alpha value is -1.33. The van der Waals surface area contributed by atoms with E-state index in [0.717, 1.165) is 12.2 Å². The van der Waals surface area contributed by atoms with Crippen molar-refractivity contribution < 1.29 is 15.0 Å². The number of nitrogens with one attached hydrogen (secondary N) is 2. The lowest BCUT2D eigenvalue weighted by molar-refractivity contribution is -0.137. The minimum absolute atomic E-state index is 0.00285. The van der Waals surface area contributed by atoms with Crippen molar-refractivity contribution in [1.82, 2.24) is 10.3 Å². The van der Waals surface area contributed by atoms with E-state index in [0.29, 0.717) is 6.54 Å². The molecule has 1 atom stereocenters. The summed E-state index contributed by atoms with van der Waals surface area (Å²) in [6.45, 7) is 5.35. The Morgan fingerprint density at radius 2 is 2.28 bits per heavy atom. The highest BCUT2D eigenvalue weighted by Crippen LogP contribution is 2.19. The summed E-state index contributed by atoms with van der Waals surface area (Å²) < 4.78 is 0. The van der Waals surface area contributed by atoms with Gasteiger partial charge in [-0.25, -0.2) is 0 Å². The van der Waals surface area contributed by atoms with Gasteiger partial charge in [0.2, 0.25) is 0 Å². The van der Waals surface area contributed by atoms with Crippen LogP contribution in [0.25, 0.3) is 0 Å².